The van der Waals surface area contributed by atoms with Crippen LogP contribution >= 0.6 is 0 Å². The molecule has 0 heterocycles. The molecule has 0 aromatic heterocycles. The number of nitrogens with two attached hydrogens (primary N) is 1. The summed E-state index contributed by atoms with van der Waals surface area (Å²) in [4.78, 5) is 10.6. The van der Waals surface area contributed by atoms with Crippen molar-refractivity contribution in [3.8, 4) is 0 Å². The van der Waals surface area contributed by atoms with Gasteiger partial charge in [-0.05, 0) is 6.92 Å². The van der Waals surface area contributed by atoms with E-state index in [2.05, 4.69) is 5.32 Å². The van der Waals surface area contributed by atoms with Gasteiger partial charge in [0.2, 0.25) is 5.91 Å². The van der Waals surface area contributed by atoms with Gasteiger partial charge >= 0.3 is 0 Å². The molecule has 0 radical (unpaired) electrons. The van der Waals surface area contributed by atoms with E-state index in [9.17, 15) is 4.79 Å². The fourth-order valence-corrected chi connectivity index (χ4v) is 0.787. The Labute approximate surface area is 73.5 Å². The molecule has 12 heavy (non-hydrogen) atoms. The van der Waals surface area contributed by atoms with Crippen LogP contribution in [0.3, 0.4) is 0 Å². The maximum absolute atomic E-state index is 10.6. The molecule has 0 fully saturated rings. The number of hydrogen-bond donors (Lipinski definition) is 2. The second-order valence-electron chi connectivity index (χ2n) is 3.07. The Kier molecular flexibility index (Phi) is 5.66. The Morgan fingerprint density at radius 2 is 2.17 bits per heavy atom. The van der Waals surface area contributed by atoms with Gasteiger partial charge in [0.05, 0.1) is 6.61 Å². The third-order valence-electron chi connectivity index (χ3n) is 1.67. The molecule has 0 rings (SSSR count). The average Bonchev–Trinajstić information content (AvgIpc) is 2.00. The minimum Gasteiger partial charge on any atom is -0.383 e. The van der Waals surface area contributed by atoms with Crippen molar-refractivity contribution >= 4 is 5.91 Å². The molecule has 4 nitrogen and oxygen atoms in total. The Balaban J connectivity index is 3.46. The van der Waals surface area contributed by atoms with Crippen molar-refractivity contribution in [3.63, 3.8) is 0 Å². The minimum atomic E-state index is -0.271. The number of carbonyl (C=O) groups excluding carboxylic acids is 1. The topological polar surface area (TPSA) is 64.3 Å². The zero-order valence-electron chi connectivity index (χ0n) is 7.96. The molecule has 1 amide bonds. The standard InChI is InChI=1S/C8H18N2O2/c1-6(8(9)11)4-10-7(2)5-12-3/h6-7,10H,4-5H2,1-3H3,(H2,9,11). The molecule has 0 aliphatic carbocycles. The van der Waals surface area contributed by atoms with Crippen LogP contribution < -0.4 is 11.1 Å². The van der Waals surface area contributed by atoms with Gasteiger partial charge in [-0.15, -0.1) is 0 Å². The maximum Gasteiger partial charge on any atom is 0.221 e. The molecular formula is C8H18N2O2. The van der Waals surface area contributed by atoms with E-state index in [4.69, 9.17) is 10.5 Å². The number of nitrogens with one attached hydrogen (secondary N) is 1. The molecule has 0 aromatic carbocycles. The molecule has 0 bridgehead atoms. The molecule has 0 aromatic rings. The summed E-state index contributed by atoms with van der Waals surface area (Å²) < 4.78 is 4.92. The molecule has 72 valence electrons. The number of carbonyl (C=O) groups is 1. The lowest BCUT2D eigenvalue weighted by molar-refractivity contribution is -0.121. The van der Waals surface area contributed by atoms with Crippen LogP contribution in [0, 0.1) is 5.92 Å². The Bertz CT molecular complexity index is 139. The predicted molar refractivity (Wildman–Crippen MR) is 47.7 cm³/mol. The highest BCUT2D eigenvalue weighted by atomic mass is 16.5. The highest BCUT2D eigenvalue weighted by Crippen LogP contribution is 1.91. The number of hydrogen-bond acceptors (Lipinski definition) is 3. The van der Waals surface area contributed by atoms with Crippen LogP contribution in [0.2, 0.25) is 0 Å². The fourth-order valence-electron chi connectivity index (χ4n) is 0.787. The molecule has 4 heteroatoms. The molecule has 2 unspecified atom stereocenters. The van der Waals surface area contributed by atoms with E-state index in [1.54, 1.807) is 14.0 Å². The Hall–Kier alpha value is -0.610. The van der Waals surface area contributed by atoms with Gasteiger partial charge in [0.25, 0.3) is 0 Å². The van der Waals surface area contributed by atoms with Crippen LogP contribution in [0.5, 0.6) is 0 Å². The Morgan fingerprint density at radius 1 is 1.58 bits per heavy atom. The SMILES string of the molecule is COCC(C)NCC(C)C(N)=O. The number of methoxy groups -OCH3 is 1. The summed E-state index contributed by atoms with van der Waals surface area (Å²) in [5, 5.41) is 3.14. The van der Waals surface area contributed by atoms with Crippen molar-refractivity contribution in [1.82, 2.24) is 5.32 Å². The van der Waals surface area contributed by atoms with Crippen LogP contribution in [0.1, 0.15) is 13.8 Å². The van der Waals surface area contributed by atoms with Crippen LogP contribution in [-0.2, 0) is 9.53 Å². The van der Waals surface area contributed by atoms with Crippen molar-refractivity contribution in [1.29, 1.82) is 0 Å². The molecule has 0 saturated heterocycles. The van der Waals surface area contributed by atoms with E-state index < -0.39 is 0 Å². The van der Waals surface area contributed by atoms with Crippen molar-refractivity contribution < 1.29 is 9.53 Å². The van der Waals surface area contributed by atoms with Crippen LogP contribution in [0.25, 0.3) is 0 Å². The quantitative estimate of drug-likeness (QED) is 0.582. The molecule has 0 aliphatic heterocycles. The predicted octanol–water partition coefficient (Wildman–Crippen LogP) is -0.268. The second kappa shape index (κ2) is 5.97. The first-order chi connectivity index (χ1) is 5.57. The summed E-state index contributed by atoms with van der Waals surface area (Å²) in [6.07, 6.45) is 0. The zero-order chi connectivity index (χ0) is 9.56. The smallest absolute Gasteiger partial charge is 0.221 e. The van der Waals surface area contributed by atoms with Crippen LogP contribution in [0.4, 0.5) is 0 Å². The lowest BCUT2D eigenvalue weighted by Crippen LogP contribution is -2.37. The van der Waals surface area contributed by atoms with Gasteiger partial charge in [-0.2, -0.15) is 0 Å². The van der Waals surface area contributed by atoms with Gasteiger partial charge in [-0.25, -0.2) is 0 Å². The largest absolute Gasteiger partial charge is 0.383 e. The van der Waals surface area contributed by atoms with Crippen LogP contribution in [-0.4, -0.2) is 32.2 Å². The molecule has 3 N–H and O–H groups in total. The summed E-state index contributed by atoms with van der Waals surface area (Å²) >= 11 is 0. The average molecular weight is 174 g/mol. The monoisotopic (exact) mass is 174 g/mol. The number of primary amides is 1. The van der Waals surface area contributed by atoms with Crippen molar-refractivity contribution in [3.05, 3.63) is 0 Å². The van der Waals surface area contributed by atoms with Gasteiger partial charge < -0.3 is 15.8 Å². The fraction of sp³-hybridized carbons (Fsp3) is 0.875. The third kappa shape index (κ3) is 5.09. The van der Waals surface area contributed by atoms with Gasteiger partial charge in [-0.1, -0.05) is 6.92 Å². The molecule has 2 atom stereocenters. The van der Waals surface area contributed by atoms with E-state index in [-0.39, 0.29) is 17.9 Å². The molecular weight excluding hydrogens is 156 g/mol. The summed E-state index contributed by atoms with van der Waals surface area (Å²) in [7, 11) is 1.65. The summed E-state index contributed by atoms with van der Waals surface area (Å²) in [5.74, 6) is -0.392. The first-order valence-corrected chi connectivity index (χ1v) is 4.09. The van der Waals surface area contributed by atoms with Gasteiger partial charge in [-0.3, -0.25) is 4.79 Å². The van der Waals surface area contributed by atoms with Crippen molar-refractivity contribution in [2.45, 2.75) is 19.9 Å². The van der Waals surface area contributed by atoms with E-state index in [1.807, 2.05) is 6.92 Å². The summed E-state index contributed by atoms with van der Waals surface area (Å²) in [5.41, 5.74) is 5.09. The highest BCUT2D eigenvalue weighted by molar-refractivity contribution is 5.76. The minimum absolute atomic E-state index is 0.121. The molecule has 0 saturated carbocycles. The van der Waals surface area contributed by atoms with Crippen molar-refractivity contribution in [2.75, 3.05) is 20.3 Å². The first-order valence-electron chi connectivity index (χ1n) is 4.09. The number of amides is 1. The summed E-state index contributed by atoms with van der Waals surface area (Å²) in [6.45, 7) is 5.05. The van der Waals surface area contributed by atoms with E-state index in [0.29, 0.717) is 13.2 Å². The van der Waals surface area contributed by atoms with Crippen molar-refractivity contribution in [2.24, 2.45) is 11.7 Å². The normalized spacial score (nSPS) is 15.6. The second-order valence-corrected chi connectivity index (χ2v) is 3.07. The van der Waals surface area contributed by atoms with Gasteiger partial charge in [0.1, 0.15) is 0 Å². The van der Waals surface area contributed by atoms with Gasteiger partial charge in [0, 0.05) is 25.6 Å². The number of rotatable bonds is 6. The lowest BCUT2D eigenvalue weighted by Gasteiger charge is -2.14. The van der Waals surface area contributed by atoms with E-state index >= 15 is 0 Å². The molecule has 0 spiro atoms. The number of ether oxygens (including phenoxy) is 1. The van der Waals surface area contributed by atoms with Crippen LogP contribution in [0.15, 0.2) is 0 Å². The summed E-state index contributed by atoms with van der Waals surface area (Å²) in [6, 6.07) is 0.261. The van der Waals surface area contributed by atoms with E-state index in [0.717, 1.165) is 0 Å². The van der Waals surface area contributed by atoms with Gasteiger partial charge in [0.15, 0.2) is 0 Å². The molecule has 0 aliphatic rings. The zero-order valence-corrected chi connectivity index (χ0v) is 7.96. The Morgan fingerprint density at radius 3 is 2.58 bits per heavy atom. The third-order valence-corrected chi connectivity index (χ3v) is 1.67. The first kappa shape index (κ1) is 11.4. The highest BCUT2D eigenvalue weighted by Gasteiger charge is 2.09. The maximum atomic E-state index is 10.6. The lowest BCUT2D eigenvalue weighted by atomic mass is 10.1. The van der Waals surface area contributed by atoms with E-state index in [1.165, 1.54) is 0 Å².